The Morgan fingerprint density at radius 3 is 2.84 bits per heavy atom. The minimum Gasteiger partial charge on any atom is -0.491 e. The zero-order chi connectivity index (χ0) is 22.3. The van der Waals surface area contributed by atoms with Crippen LogP contribution in [-0.2, 0) is 22.5 Å². The number of benzene rings is 2. The van der Waals surface area contributed by atoms with Crippen LogP contribution in [0.15, 0.2) is 48.5 Å². The molecule has 1 aromatic heterocycles. The van der Waals surface area contributed by atoms with Crippen LogP contribution in [-0.4, -0.2) is 41.3 Å². The number of nitrogens with one attached hydrogen (secondary N) is 1. The minimum atomic E-state index is -0.273. The highest BCUT2D eigenvalue weighted by molar-refractivity contribution is 5.80. The molecule has 170 valence electrons. The van der Waals surface area contributed by atoms with E-state index < -0.39 is 0 Å². The SMILES string of the molecule is CC(C)c1ccccc1OCCn1c(CCCNC(=O)C2CCCO2)nc2ccccc21. The molecule has 0 aliphatic carbocycles. The number of carbonyl (C=O) groups is 1. The quantitative estimate of drug-likeness (QED) is 0.477. The lowest BCUT2D eigenvalue weighted by Crippen LogP contribution is -2.34. The van der Waals surface area contributed by atoms with Crippen molar-refractivity contribution in [1.29, 1.82) is 0 Å². The molecule has 1 aliphatic rings. The molecule has 3 aromatic rings. The second kappa shape index (κ2) is 10.6. The Morgan fingerprint density at radius 1 is 1.22 bits per heavy atom. The summed E-state index contributed by atoms with van der Waals surface area (Å²) in [6.07, 6.45) is 3.14. The first-order valence-electron chi connectivity index (χ1n) is 11.7. The van der Waals surface area contributed by atoms with Gasteiger partial charge in [0.25, 0.3) is 0 Å². The fourth-order valence-corrected chi connectivity index (χ4v) is 4.26. The standard InChI is InChI=1S/C26H33N3O3/c1-19(2)20-9-3-6-12-23(20)32-18-16-29-22-11-5-4-10-21(22)28-25(29)14-7-15-27-26(30)24-13-8-17-31-24/h3-6,9-12,19,24H,7-8,13-18H2,1-2H3,(H,27,30). The summed E-state index contributed by atoms with van der Waals surface area (Å²) in [5, 5.41) is 3.00. The monoisotopic (exact) mass is 435 g/mol. The summed E-state index contributed by atoms with van der Waals surface area (Å²) in [5.41, 5.74) is 3.34. The van der Waals surface area contributed by atoms with E-state index in [0.717, 1.165) is 54.8 Å². The number of hydrogen-bond acceptors (Lipinski definition) is 4. The first-order valence-corrected chi connectivity index (χ1v) is 11.7. The molecule has 0 bridgehead atoms. The number of aryl methyl sites for hydroxylation is 1. The van der Waals surface area contributed by atoms with E-state index in [4.69, 9.17) is 14.5 Å². The summed E-state index contributed by atoms with van der Waals surface area (Å²) in [6, 6.07) is 16.5. The predicted octanol–water partition coefficient (Wildman–Crippen LogP) is 4.47. The van der Waals surface area contributed by atoms with Crippen LogP contribution in [0.1, 0.15) is 50.4 Å². The Bertz CT molecular complexity index is 1040. The maximum Gasteiger partial charge on any atom is 0.249 e. The van der Waals surface area contributed by atoms with Crippen LogP contribution in [0.4, 0.5) is 0 Å². The van der Waals surface area contributed by atoms with E-state index in [2.05, 4.69) is 41.9 Å². The number of nitrogens with zero attached hydrogens (tertiary/aromatic N) is 2. The highest BCUT2D eigenvalue weighted by Gasteiger charge is 2.23. The van der Waals surface area contributed by atoms with Gasteiger partial charge in [0.1, 0.15) is 24.3 Å². The highest BCUT2D eigenvalue weighted by atomic mass is 16.5. The molecule has 0 spiro atoms. The fraction of sp³-hybridized carbons (Fsp3) is 0.462. The van der Waals surface area contributed by atoms with Crippen LogP contribution in [0.2, 0.25) is 0 Å². The van der Waals surface area contributed by atoms with Crippen LogP contribution < -0.4 is 10.1 Å². The molecule has 1 aliphatic heterocycles. The van der Waals surface area contributed by atoms with Crippen molar-refractivity contribution in [3.05, 3.63) is 59.9 Å². The van der Waals surface area contributed by atoms with E-state index >= 15 is 0 Å². The van der Waals surface area contributed by atoms with Crippen molar-refractivity contribution < 1.29 is 14.3 Å². The van der Waals surface area contributed by atoms with Gasteiger partial charge in [0, 0.05) is 19.6 Å². The molecule has 4 rings (SSSR count). The number of para-hydroxylation sites is 3. The summed E-state index contributed by atoms with van der Waals surface area (Å²) in [4.78, 5) is 17.0. The molecule has 0 radical (unpaired) electrons. The zero-order valence-electron chi connectivity index (χ0n) is 19.0. The molecule has 2 aromatic carbocycles. The van der Waals surface area contributed by atoms with Gasteiger partial charge < -0.3 is 19.4 Å². The van der Waals surface area contributed by atoms with Crippen LogP contribution >= 0.6 is 0 Å². The third-order valence-corrected chi connectivity index (χ3v) is 5.95. The zero-order valence-corrected chi connectivity index (χ0v) is 19.0. The van der Waals surface area contributed by atoms with Crippen molar-refractivity contribution in [1.82, 2.24) is 14.9 Å². The van der Waals surface area contributed by atoms with Crippen molar-refractivity contribution in [3.63, 3.8) is 0 Å². The fourth-order valence-electron chi connectivity index (χ4n) is 4.26. The molecule has 2 heterocycles. The van der Waals surface area contributed by atoms with E-state index in [1.807, 2.05) is 30.3 Å². The van der Waals surface area contributed by atoms with Crippen LogP contribution in [0.25, 0.3) is 11.0 Å². The van der Waals surface area contributed by atoms with Crippen LogP contribution in [0.5, 0.6) is 5.75 Å². The van der Waals surface area contributed by atoms with Gasteiger partial charge in [-0.2, -0.15) is 0 Å². The second-order valence-corrected chi connectivity index (χ2v) is 8.61. The van der Waals surface area contributed by atoms with E-state index in [1.165, 1.54) is 5.56 Å². The average molecular weight is 436 g/mol. The molecular formula is C26H33N3O3. The molecule has 1 fully saturated rings. The third kappa shape index (κ3) is 5.30. The largest absolute Gasteiger partial charge is 0.491 e. The van der Waals surface area contributed by atoms with Gasteiger partial charge in [0.05, 0.1) is 17.6 Å². The lowest BCUT2D eigenvalue weighted by molar-refractivity contribution is -0.130. The van der Waals surface area contributed by atoms with Gasteiger partial charge in [0.15, 0.2) is 0 Å². The maximum absolute atomic E-state index is 12.1. The number of fused-ring (bicyclic) bond motifs is 1. The van der Waals surface area contributed by atoms with Gasteiger partial charge in [0.2, 0.25) is 5.91 Å². The Morgan fingerprint density at radius 2 is 2.03 bits per heavy atom. The number of aromatic nitrogens is 2. The summed E-state index contributed by atoms with van der Waals surface area (Å²) < 4.78 is 13.9. The first kappa shape index (κ1) is 22.3. The minimum absolute atomic E-state index is 0.00761. The van der Waals surface area contributed by atoms with Gasteiger partial charge in [-0.05, 0) is 48.9 Å². The number of amides is 1. The van der Waals surface area contributed by atoms with Crippen LogP contribution in [0, 0.1) is 0 Å². The molecule has 1 unspecified atom stereocenters. The Kier molecular flexibility index (Phi) is 7.43. The number of carbonyl (C=O) groups excluding carboxylic acids is 1. The molecule has 6 nitrogen and oxygen atoms in total. The van der Waals surface area contributed by atoms with Gasteiger partial charge in [-0.1, -0.05) is 44.2 Å². The van der Waals surface area contributed by atoms with E-state index in [1.54, 1.807) is 0 Å². The number of hydrogen-bond donors (Lipinski definition) is 1. The Hall–Kier alpha value is -2.86. The van der Waals surface area contributed by atoms with Crippen molar-refractivity contribution in [2.45, 2.75) is 58.1 Å². The summed E-state index contributed by atoms with van der Waals surface area (Å²) in [6.45, 7) is 6.98. The summed E-state index contributed by atoms with van der Waals surface area (Å²) in [7, 11) is 0. The molecule has 1 saturated heterocycles. The van der Waals surface area contributed by atoms with Crippen molar-refractivity contribution in [2.24, 2.45) is 0 Å². The molecular weight excluding hydrogens is 402 g/mol. The van der Waals surface area contributed by atoms with Crippen molar-refractivity contribution in [3.8, 4) is 5.75 Å². The lowest BCUT2D eigenvalue weighted by Gasteiger charge is -2.15. The molecule has 32 heavy (non-hydrogen) atoms. The van der Waals surface area contributed by atoms with E-state index in [-0.39, 0.29) is 12.0 Å². The number of ether oxygens (including phenoxy) is 2. The summed E-state index contributed by atoms with van der Waals surface area (Å²) >= 11 is 0. The van der Waals surface area contributed by atoms with Gasteiger partial charge in [-0.3, -0.25) is 4.79 Å². The lowest BCUT2D eigenvalue weighted by atomic mass is 10.0. The molecule has 0 saturated carbocycles. The van der Waals surface area contributed by atoms with Crippen molar-refractivity contribution >= 4 is 16.9 Å². The third-order valence-electron chi connectivity index (χ3n) is 5.95. The van der Waals surface area contributed by atoms with E-state index in [9.17, 15) is 4.79 Å². The van der Waals surface area contributed by atoms with Crippen molar-refractivity contribution in [2.75, 3.05) is 19.8 Å². The molecule has 1 amide bonds. The number of rotatable bonds is 10. The predicted molar refractivity (Wildman–Crippen MR) is 126 cm³/mol. The Labute approximate surface area is 189 Å². The average Bonchev–Trinajstić information content (AvgIpc) is 3.45. The van der Waals surface area contributed by atoms with Gasteiger partial charge in [-0.15, -0.1) is 0 Å². The maximum atomic E-state index is 12.1. The van der Waals surface area contributed by atoms with Gasteiger partial charge >= 0.3 is 0 Å². The second-order valence-electron chi connectivity index (χ2n) is 8.61. The normalized spacial score (nSPS) is 16.0. The first-order chi connectivity index (χ1) is 15.6. The van der Waals surface area contributed by atoms with Gasteiger partial charge in [-0.25, -0.2) is 4.98 Å². The molecule has 1 atom stereocenters. The Balaban J connectivity index is 1.37. The molecule has 1 N–H and O–H groups in total. The molecule has 6 heteroatoms. The summed E-state index contributed by atoms with van der Waals surface area (Å²) in [5.74, 6) is 2.40. The van der Waals surface area contributed by atoms with Crippen LogP contribution in [0.3, 0.4) is 0 Å². The van der Waals surface area contributed by atoms with E-state index in [0.29, 0.717) is 25.7 Å². The topological polar surface area (TPSA) is 65.4 Å². The smallest absolute Gasteiger partial charge is 0.249 e. The highest BCUT2D eigenvalue weighted by Crippen LogP contribution is 2.26. The number of imidazole rings is 1.